The summed E-state index contributed by atoms with van der Waals surface area (Å²) in [6, 6.07) is 6.89. The number of aryl methyl sites for hydroxylation is 2. The number of carbonyl (C=O) groups excluding carboxylic acids is 1. The predicted molar refractivity (Wildman–Crippen MR) is 103 cm³/mol. The summed E-state index contributed by atoms with van der Waals surface area (Å²) in [6.45, 7) is 6.61. The third-order valence-electron chi connectivity index (χ3n) is 5.43. The van der Waals surface area contributed by atoms with Crippen molar-refractivity contribution in [3.63, 3.8) is 0 Å². The van der Waals surface area contributed by atoms with E-state index in [2.05, 4.69) is 6.07 Å². The smallest absolute Gasteiger partial charge is 0.243 e. The molecule has 1 aromatic carbocycles. The zero-order chi connectivity index (χ0) is 20.3. The van der Waals surface area contributed by atoms with Crippen molar-refractivity contribution in [2.24, 2.45) is 0 Å². The Bertz CT molecular complexity index is 872. The summed E-state index contributed by atoms with van der Waals surface area (Å²) >= 11 is 0. The van der Waals surface area contributed by atoms with Crippen LogP contribution in [0.15, 0.2) is 23.1 Å². The highest BCUT2D eigenvalue weighted by molar-refractivity contribution is 7.89. The molecule has 0 aliphatic carbocycles. The van der Waals surface area contributed by atoms with Crippen LogP contribution in [-0.2, 0) is 19.6 Å². The lowest BCUT2D eigenvalue weighted by Gasteiger charge is -2.36. The average Bonchev–Trinajstić information content (AvgIpc) is 2.70. The summed E-state index contributed by atoms with van der Waals surface area (Å²) in [4.78, 5) is 16.4. The molecule has 0 aromatic heterocycles. The molecule has 8 nitrogen and oxygen atoms in total. The van der Waals surface area contributed by atoms with Crippen LogP contribution in [0.4, 0.5) is 0 Å². The molecule has 2 aliphatic rings. The highest BCUT2D eigenvalue weighted by Crippen LogP contribution is 2.20. The third kappa shape index (κ3) is 4.36. The number of carbonyl (C=O) groups is 1. The normalized spacial score (nSPS) is 22.0. The van der Waals surface area contributed by atoms with E-state index < -0.39 is 16.1 Å². The number of benzene rings is 1. The van der Waals surface area contributed by atoms with Crippen molar-refractivity contribution in [3.8, 4) is 6.07 Å². The molecule has 3 rings (SSSR count). The van der Waals surface area contributed by atoms with Crippen LogP contribution in [-0.4, -0.2) is 87.0 Å². The van der Waals surface area contributed by atoms with Gasteiger partial charge in [-0.25, -0.2) is 8.42 Å². The first-order valence-corrected chi connectivity index (χ1v) is 10.8. The van der Waals surface area contributed by atoms with Crippen LogP contribution in [0.3, 0.4) is 0 Å². The lowest BCUT2D eigenvalue weighted by atomic mass is 10.1. The van der Waals surface area contributed by atoms with Crippen LogP contribution in [0.2, 0.25) is 0 Å². The second-order valence-corrected chi connectivity index (χ2v) is 9.16. The molecule has 0 N–H and O–H groups in total. The molecule has 0 spiro atoms. The fourth-order valence-electron chi connectivity index (χ4n) is 3.42. The van der Waals surface area contributed by atoms with Crippen LogP contribution in [0.25, 0.3) is 0 Å². The van der Waals surface area contributed by atoms with Crippen LogP contribution < -0.4 is 0 Å². The minimum absolute atomic E-state index is 0.0784. The van der Waals surface area contributed by atoms with Gasteiger partial charge in [0.2, 0.25) is 15.9 Å². The predicted octanol–water partition coefficient (Wildman–Crippen LogP) is 0.361. The SMILES string of the molecule is Cc1ccc(S(=O)(=O)N2CCN(C(=O)CN3CCOCC3C#N)CC2)cc1C. The first kappa shape index (κ1) is 20.7. The molecular formula is C19H26N4O4S. The van der Waals surface area contributed by atoms with Crippen LogP contribution >= 0.6 is 0 Å². The lowest BCUT2D eigenvalue weighted by molar-refractivity contribution is -0.135. The Balaban J connectivity index is 1.60. The molecule has 0 bridgehead atoms. The van der Waals surface area contributed by atoms with E-state index in [0.717, 1.165) is 11.1 Å². The molecule has 28 heavy (non-hydrogen) atoms. The van der Waals surface area contributed by atoms with Crippen LogP contribution in [0, 0.1) is 25.2 Å². The number of rotatable bonds is 4. The summed E-state index contributed by atoms with van der Waals surface area (Å²) < 4.78 is 32.5. The van der Waals surface area contributed by atoms with Gasteiger partial charge in [-0.1, -0.05) is 6.07 Å². The highest BCUT2D eigenvalue weighted by atomic mass is 32.2. The molecule has 9 heteroatoms. The molecule has 152 valence electrons. The number of nitriles is 1. The van der Waals surface area contributed by atoms with Gasteiger partial charge in [0.25, 0.3) is 0 Å². The fourth-order valence-corrected chi connectivity index (χ4v) is 4.93. The fraction of sp³-hybridized carbons (Fsp3) is 0.579. The maximum Gasteiger partial charge on any atom is 0.243 e. The minimum atomic E-state index is -3.56. The molecule has 2 saturated heterocycles. The number of amides is 1. The van der Waals surface area contributed by atoms with Gasteiger partial charge in [0.05, 0.1) is 30.7 Å². The molecule has 2 aliphatic heterocycles. The monoisotopic (exact) mass is 406 g/mol. The standard InChI is InChI=1S/C19H26N4O4S/c1-15-3-4-18(11-16(15)2)28(25,26)23-7-5-21(6-8-23)19(24)13-22-9-10-27-14-17(22)12-20/h3-4,11,17H,5-10,13-14H2,1-2H3. The zero-order valence-corrected chi connectivity index (χ0v) is 17.1. The van der Waals surface area contributed by atoms with Gasteiger partial charge in [0.1, 0.15) is 6.04 Å². The summed E-state index contributed by atoms with van der Waals surface area (Å²) in [6.07, 6.45) is 0. The van der Waals surface area contributed by atoms with Gasteiger partial charge in [-0.3, -0.25) is 9.69 Å². The highest BCUT2D eigenvalue weighted by Gasteiger charge is 2.32. The first-order valence-electron chi connectivity index (χ1n) is 9.39. The molecule has 2 fully saturated rings. The maximum atomic E-state index is 12.9. The number of nitrogens with zero attached hydrogens (tertiary/aromatic N) is 4. The second kappa shape index (κ2) is 8.57. The maximum absolute atomic E-state index is 12.9. The van der Waals surface area contributed by atoms with Crippen LogP contribution in [0.1, 0.15) is 11.1 Å². The van der Waals surface area contributed by atoms with Gasteiger partial charge >= 0.3 is 0 Å². The van der Waals surface area contributed by atoms with Gasteiger partial charge in [-0.05, 0) is 37.1 Å². The Kier molecular flexibility index (Phi) is 6.35. The molecule has 1 unspecified atom stereocenters. The quantitative estimate of drug-likeness (QED) is 0.717. The van der Waals surface area contributed by atoms with Gasteiger partial charge in [0.15, 0.2) is 0 Å². The van der Waals surface area contributed by atoms with E-state index in [1.807, 2.05) is 24.8 Å². The molecule has 2 heterocycles. The number of hydrogen-bond donors (Lipinski definition) is 0. The van der Waals surface area contributed by atoms with E-state index in [-0.39, 0.29) is 25.5 Å². The van der Waals surface area contributed by atoms with Gasteiger partial charge < -0.3 is 9.64 Å². The van der Waals surface area contributed by atoms with Crippen molar-refractivity contribution in [1.82, 2.24) is 14.1 Å². The largest absolute Gasteiger partial charge is 0.377 e. The van der Waals surface area contributed by atoms with Crippen molar-refractivity contribution in [2.75, 3.05) is 52.5 Å². The van der Waals surface area contributed by atoms with E-state index in [0.29, 0.717) is 37.7 Å². The summed E-state index contributed by atoms with van der Waals surface area (Å²) in [5.74, 6) is -0.0784. The second-order valence-electron chi connectivity index (χ2n) is 7.22. The number of ether oxygens (including phenoxy) is 1. The summed E-state index contributed by atoms with van der Waals surface area (Å²) in [5, 5.41) is 9.18. The van der Waals surface area contributed by atoms with Crippen molar-refractivity contribution in [1.29, 1.82) is 5.26 Å². The van der Waals surface area contributed by atoms with Crippen molar-refractivity contribution >= 4 is 15.9 Å². The van der Waals surface area contributed by atoms with E-state index in [1.54, 1.807) is 17.0 Å². The Hall–Kier alpha value is -1.99. The number of morpholine rings is 1. The molecular weight excluding hydrogens is 380 g/mol. The minimum Gasteiger partial charge on any atom is -0.377 e. The number of hydrogen-bond acceptors (Lipinski definition) is 6. The lowest BCUT2D eigenvalue weighted by Crippen LogP contribution is -2.54. The molecule has 1 amide bonds. The molecule has 0 radical (unpaired) electrons. The van der Waals surface area contributed by atoms with Gasteiger partial charge in [-0.2, -0.15) is 9.57 Å². The van der Waals surface area contributed by atoms with Crippen molar-refractivity contribution in [2.45, 2.75) is 24.8 Å². The van der Waals surface area contributed by atoms with Gasteiger partial charge in [-0.15, -0.1) is 0 Å². The molecule has 0 saturated carbocycles. The number of piperazine rings is 1. The Labute approximate surface area is 166 Å². The van der Waals surface area contributed by atoms with Gasteiger partial charge in [0, 0.05) is 32.7 Å². The van der Waals surface area contributed by atoms with Crippen LogP contribution in [0.5, 0.6) is 0 Å². The third-order valence-corrected chi connectivity index (χ3v) is 7.33. The van der Waals surface area contributed by atoms with E-state index in [9.17, 15) is 18.5 Å². The molecule has 1 aromatic rings. The summed E-state index contributed by atoms with van der Waals surface area (Å²) in [5.41, 5.74) is 1.99. The molecule has 1 atom stereocenters. The van der Waals surface area contributed by atoms with E-state index in [1.165, 1.54) is 4.31 Å². The van der Waals surface area contributed by atoms with E-state index in [4.69, 9.17) is 4.74 Å². The Morgan fingerprint density at radius 1 is 1.18 bits per heavy atom. The Morgan fingerprint density at radius 3 is 2.54 bits per heavy atom. The van der Waals surface area contributed by atoms with E-state index >= 15 is 0 Å². The van der Waals surface area contributed by atoms with Crippen molar-refractivity contribution in [3.05, 3.63) is 29.3 Å². The topological polar surface area (TPSA) is 94.0 Å². The number of sulfonamides is 1. The summed E-state index contributed by atoms with van der Waals surface area (Å²) in [7, 11) is -3.56. The first-order chi connectivity index (χ1) is 13.3. The Morgan fingerprint density at radius 2 is 1.89 bits per heavy atom. The van der Waals surface area contributed by atoms with Crippen molar-refractivity contribution < 1.29 is 17.9 Å². The zero-order valence-electron chi connectivity index (χ0n) is 16.3. The average molecular weight is 407 g/mol.